The van der Waals surface area contributed by atoms with Crippen LogP contribution in [0.2, 0.25) is 0 Å². The van der Waals surface area contributed by atoms with E-state index in [0.717, 1.165) is 39.2 Å². The zero-order valence-corrected chi connectivity index (χ0v) is 23.7. The van der Waals surface area contributed by atoms with Gasteiger partial charge in [0.2, 0.25) is 0 Å². The number of nitrogens with zero attached hydrogens (tertiary/aromatic N) is 4. The zero-order chi connectivity index (χ0) is 26.2. The molecule has 3 unspecified atom stereocenters. The highest BCUT2D eigenvalue weighted by atomic mass is 16.5. The molecule has 1 N–H and O–H groups in total. The number of rotatable bonds is 6. The number of aryl methyl sites for hydroxylation is 1. The van der Waals surface area contributed by atoms with Gasteiger partial charge in [-0.05, 0) is 94.6 Å². The number of likely N-dealkylation sites (N-methyl/N-ethyl adjacent to an activating group) is 1. The Kier molecular flexibility index (Phi) is 7.48. The quantitative estimate of drug-likeness (QED) is 0.435. The van der Waals surface area contributed by atoms with Crippen LogP contribution in [-0.2, 0) is 4.74 Å². The van der Waals surface area contributed by atoms with Crippen LogP contribution in [0.25, 0.3) is 10.8 Å². The van der Waals surface area contributed by atoms with Crippen molar-refractivity contribution in [2.75, 3.05) is 51.3 Å². The molecule has 0 aromatic heterocycles. The molecule has 4 atom stereocenters. The van der Waals surface area contributed by atoms with Crippen molar-refractivity contribution in [1.82, 2.24) is 15.1 Å². The lowest BCUT2D eigenvalue weighted by Gasteiger charge is -2.39. The molecular weight excluding hydrogens is 470 g/mol. The summed E-state index contributed by atoms with van der Waals surface area (Å²) in [4.78, 5) is 12.9. The van der Waals surface area contributed by atoms with Crippen LogP contribution in [0, 0.1) is 6.92 Å². The number of anilines is 1. The number of hydrogen-bond donors (Lipinski definition) is 1. The molecule has 0 saturated carbocycles. The summed E-state index contributed by atoms with van der Waals surface area (Å²) in [5, 5.41) is 6.52. The molecule has 3 fully saturated rings. The number of amidine groups is 1. The summed E-state index contributed by atoms with van der Waals surface area (Å²) in [6.07, 6.45) is 5.95. The number of benzene rings is 2. The summed E-state index contributed by atoms with van der Waals surface area (Å²) < 4.78 is 6.36. The second-order valence-corrected chi connectivity index (χ2v) is 12.1. The van der Waals surface area contributed by atoms with Gasteiger partial charge in [0.1, 0.15) is 12.1 Å². The predicted molar refractivity (Wildman–Crippen MR) is 158 cm³/mol. The smallest absolute Gasteiger partial charge is 0.147 e. The minimum atomic E-state index is -0.134. The number of nitrogens with one attached hydrogen (secondary N) is 1. The van der Waals surface area contributed by atoms with Crippen LogP contribution in [0.15, 0.2) is 52.5 Å². The first-order valence-electron chi connectivity index (χ1n) is 14.8. The molecule has 2 aromatic rings. The van der Waals surface area contributed by atoms with Gasteiger partial charge < -0.3 is 24.8 Å². The highest BCUT2D eigenvalue weighted by molar-refractivity contribution is 6.01. The van der Waals surface area contributed by atoms with Crippen LogP contribution in [0.3, 0.4) is 0 Å². The molecule has 0 spiro atoms. The molecule has 6 heteroatoms. The first-order valence-corrected chi connectivity index (χ1v) is 14.8. The van der Waals surface area contributed by atoms with Crippen LogP contribution in [0.1, 0.15) is 51.5 Å². The monoisotopic (exact) mass is 515 g/mol. The SMILES string of the molecule is CC1=C(/C(=N\C(C)OC[C@@H]2CCCN2C)N2CC3CCC(C2)N3)CCN(c2cccc3cccc(C)c23)C1. The average Bonchev–Trinajstić information content (AvgIpc) is 3.49. The minimum absolute atomic E-state index is 0.134. The van der Waals surface area contributed by atoms with Gasteiger partial charge in [-0.2, -0.15) is 0 Å². The van der Waals surface area contributed by atoms with Crippen LogP contribution < -0.4 is 10.2 Å². The maximum absolute atomic E-state index is 6.36. The Morgan fingerprint density at radius 3 is 2.53 bits per heavy atom. The van der Waals surface area contributed by atoms with Crippen LogP contribution in [0.4, 0.5) is 5.69 Å². The second-order valence-electron chi connectivity index (χ2n) is 12.1. The second kappa shape index (κ2) is 11.0. The van der Waals surface area contributed by atoms with Crippen molar-refractivity contribution in [1.29, 1.82) is 0 Å². The fraction of sp³-hybridized carbons (Fsp3) is 0.594. The molecule has 6 rings (SSSR count). The van der Waals surface area contributed by atoms with Gasteiger partial charge in [0.05, 0.1) is 6.61 Å². The van der Waals surface area contributed by atoms with Crippen molar-refractivity contribution in [2.24, 2.45) is 4.99 Å². The number of aliphatic imine (C=N–C) groups is 1. The zero-order valence-electron chi connectivity index (χ0n) is 23.7. The standard InChI is InChI=1S/C32H45N5O/c1-22-8-5-9-25-10-6-12-30(31(22)25)36-17-15-29(23(2)18-36)32(37-19-26-13-14-27(20-37)34-26)33-24(3)38-21-28-11-7-16-35(28)4/h5-6,8-10,12,24,26-28,34H,7,11,13-21H2,1-4H3/b33-32+/t24?,26?,27?,28-/m0/s1. The lowest BCUT2D eigenvalue weighted by Crippen LogP contribution is -2.54. The van der Waals surface area contributed by atoms with Gasteiger partial charge in [-0.25, -0.2) is 4.99 Å². The van der Waals surface area contributed by atoms with Gasteiger partial charge in [-0.1, -0.05) is 30.3 Å². The third-order valence-electron chi connectivity index (χ3n) is 9.30. The van der Waals surface area contributed by atoms with E-state index in [-0.39, 0.29) is 6.23 Å². The van der Waals surface area contributed by atoms with Crippen molar-refractivity contribution in [3.05, 3.63) is 53.1 Å². The van der Waals surface area contributed by atoms with Crippen molar-refractivity contribution in [3.8, 4) is 0 Å². The van der Waals surface area contributed by atoms with Gasteiger partial charge in [0, 0.05) is 55.4 Å². The van der Waals surface area contributed by atoms with E-state index in [1.165, 1.54) is 71.2 Å². The van der Waals surface area contributed by atoms with Gasteiger partial charge in [-0.15, -0.1) is 0 Å². The molecule has 4 heterocycles. The van der Waals surface area contributed by atoms with Crippen LogP contribution >= 0.6 is 0 Å². The van der Waals surface area contributed by atoms with E-state index in [4.69, 9.17) is 9.73 Å². The van der Waals surface area contributed by atoms with Crippen LogP contribution in [0.5, 0.6) is 0 Å². The summed E-state index contributed by atoms with van der Waals surface area (Å²) in [5.74, 6) is 1.20. The van der Waals surface area contributed by atoms with E-state index in [9.17, 15) is 0 Å². The Morgan fingerprint density at radius 2 is 1.82 bits per heavy atom. The van der Waals surface area contributed by atoms with Crippen molar-refractivity contribution in [2.45, 2.75) is 77.2 Å². The Labute approximate surface area is 228 Å². The first kappa shape index (κ1) is 25.8. The summed E-state index contributed by atoms with van der Waals surface area (Å²) >= 11 is 0. The number of ether oxygens (including phenoxy) is 1. The number of fused-ring (bicyclic) bond motifs is 3. The van der Waals surface area contributed by atoms with E-state index in [1.54, 1.807) is 0 Å². The lowest BCUT2D eigenvalue weighted by molar-refractivity contribution is 0.0373. The third-order valence-corrected chi connectivity index (χ3v) is 9.30. The van der Waals surface area contributed by atoms with E-state index in [1.807, 2.05) is 0 Å². The minimum Gasteiger partial charge on any atom is -0.367 e. The normalized spacial score (nSPS) is 27.6. The van der Waals surface area contributed by atoms with Crippen molar-refractivity contribution in [3.63, 3.8) is 0 Å². The molecule has 4 aliphatic heterocycles. The molecule has 3 saturated heterocycles. The summed E-state index contributed by atoms with van der Waals surface area (Å²) in [6.45, 7) is 12.7. The Morgan fingerprint density at radius 1 is 1.05 bits per heavy atom. The number of likely N-dealkylation sites (tertiary alicyclic amines) is 2. The molecule has 0 aliphatic carbocycles. The average molecular weight is 516 g/mol. The van der Waals surface area contributed by atoms with E-state index >= 15 is 0 Å². The molecule has 6 nitrogen and oxygen atoms in total. The van der Waals surface area contributed by atoms with Gasteiger partial charge >= 0.3 is 0 Å². The molecule has 2 aromatic carbocycles. The van der Waals surface area contributed by atoms with E-state index in [2.05, 4.69) is 84.2 Å². The lowest BCUT2D eigenvalue weighted by atomic mass is 9.96. The van der Waals surface area contributed by atoms with Gasteiger partial charge in [0.15, 0.2) is 0 Å². The number of piperazine rings is 1. The van der Waals surface area contributed by atoms with Crippen molar-refractivity contribution < 1.29 is 4.74 Å². The molecule has 4 aliphatic rings. The summed E-state index contributed by atoms with van der Waals surface area (Å²) in [6, 6.07) is 15.1. The predicted octanol–water partition coefficient (Wildman–Crippen LogP) is 4.97. The molecule has 0 radical (unpaired) electrons. The molecule has 0 amide bonds. The van der Waals surface area contributed by atoms with Crippen LogP contribution in [-0.4, -0.2) is 86.4 Å². The van der Waals surface area contributed by atoms with Crippen molar-refractivity contribution >= 4 is 22.3 Å². The summed E-state index contributed by atoms with van der Waals surface area (Å²) in [5.41, 5.74) is 5.58. The van der Waals surface area contributed by atoms with Gasteiger partial charge in [0.25, 0.3) is 0 Å². The molecular formula is C32H45N5O. The Hall–Kier alpha value is -2.41. The third kappa shape index (κ3) is 5.23. The van der Waals surface area contributed by atoms with Gasteiger partial charge in [-0.3, -0.25) is 0 Å². The highest BCUT2D eigenvalue weighted by Gasteiger charge is 2.35. The fourth-order valence-electron chi connectivity index (χ4n) is 7.17. The summed E-state index contributed by atoms with van der Waals surface area (Å²) in [7, 11) is 2.22. The molecule has 204 valence electrons. The molecule has 38 heavy (non-hydrogen) atoms. The first-order chi connectivity index (χ1) is 18.5. The van der Waals surface area contributed by atoms with E-state index < -0.39 is 0 Å². The maximum Gasteiger partial charge on any atom is 0.147 e. The highest BCUT2D eigenvalue weighted by Crippen LogP contribution is 2.34. The fourth-order valence-corrected chi connectivity index (χ4v) is 7.17. The largest absolute Gasteiger partial charge is 0.367 e. The maximum atomic E-state index is 6.36. The molecule has 2 bridgehead atoms. The Bertz CT molecular complexity index is 1200. The van der Waals surface area contributed by atoms with E-state index in [0.29, 0.717) is 18.1 Å². The topological polar surface area (TPSA) is 43.3 Å². The Balaban J connectivity index is 1.26. The number of hydrogen-bond acceptors (Lipinski definition) is 5.